The van der Waals surface area contributed by atoms with E-state index in [1.807, 2.05) is 0 Å². The molecule has 0 aliphatic heterocycles. The molecule has 0 saturated heterocycles. The van der Waals surface area contributed by atoms with Crippen LogP contribution in [0.3, 0.4) is 0 Å². The number of hydrogen-bond donors (Lipinski definition) is 1. The maximum Gasteiger partial charge on any atom is 0.391 e. The molecule has 154 valence electrons. The summed E-state index contributed by atoms with van der Waals surface area (Å²) in [6.07, 6.45) is 2.30. The first-order chi connectivity index (χ1) is 12.3. The zero-order valence-corrected chi connectivity index (χ0v) is 15.4. The number of ether oxygens (including phenoxy) is 1. The number of rotatable bonds is 16. The highest BCUT2D eigenvalue weighted by Crippen LogP contribution is 2.34. The second-order valence-corrected chi connectivity index (χ2v) is 6.62. The lowest BCUT2D eigenvalue weighted by atomic mass is 9.94. The molecule has 0 aromatic rings. The Kier molecular flexibility index (Phi) is 14.4. The summed E-state index contributed by atoms with van der Waals surface area (Å²) in [5.41, 5.74) is 0. The third-order valence-electron chi connectivity index (χ3n) is 4.29. The van der Waals surface area contributed by atoms with Crippen molar-refractivity contribution in [3.63, 3.8) is 0 Å². The number of aliphatic hydroxyl groups is 1. The number of hydrogen-bond acceptors (Lipinski definition) is 3. The van der Waals surface area contributed by atoms with Crippen molar-refractivity contribution >= 4 is 5.97 Å². The zero-order valence-electron chi connectivity index (χ0n) is 15.4. The topological polar surface area (TPSA) is 46.5 Å². The lowest BCUT2D eigenvalue weighted by Crippen LogP contribution is -2.29. The van der Waals surface area contributed by atoms with Gasteiger partial charge in [0.2, 0.25) is 0 Å². The Balaban J connectivity index is 3.91. The Bertz CT molecular complexity index is 372. The Morgan fingerprint density at radius 2 is 1.50 bits per heavy atom. The van der Waals surface area contributed by atoms with Crippen LogP contribution in [-0.4, -0.2) is 36.6 Å². The smallest absolute Gasteiger partial charge is 0.391 e. The second-order valence-electron chi connectivity index (χ2n) is 6.62. The van der Waals surface area contributed by atoms with Crippen LogP contribution in [0.5, 0.6) is 0 Å². The Hall–Kier alpha value is -1.11. The van der Waals surface area contributed by atoms with Crippen molar-refractivity contribution in [2.24, 2.45) is 5.92 Å². The minimum Gasteiger partial charge on any atom is -0.460 e. The molecule has 2 unspecified atom stereocenters. The lowest BCUT2D eigenvalue weighted by molar-refractivity contribution is -0.185. The van der Waals surface area contributed by atoms with Crippen LogP contribution >= 0.6 is 0 Å². The largest absolute Gasteiger partial charge is 0.460 e. The molecule has 0 aliphatic rings. The van der Waals surface area contributed by atoms with E-state index >= 15 is 0 Å². The zero-order chi connectivity index (χ0) is 19.8. The number of esters is 1. The molecule has 2 atom stereocenters. The van der Waals surface area contributed by atoms with Gasteiger partial charge in [-0.15, -0.1) is 0 Å². The fraction of sp³-hybridized carbons (Fsp3) is 0.842. The van der Waals surface area contributed by atoms with E-state index in [9.17, 15) is 27.5 Å². The van der Waals surface area contributed by atoms with Crippen LogP contribution in [0.1, 0.15) is 70.6 Å². The van der Waals surface area contributed by atoms with E-state index in [-0.39, 0.29) is 13.1 Å². The van der Waals surface area contributed by atoms with E-state index in [1.165, 1.54) is 0 Å². The molecule has 1 N–H and O–H groups in total. The van der Waals surface area contributed by atoms with Gasteiger partial charge in [-0.3, -0.25) is 4.39 Å². The molecule has 0 bridgehead atoms. The van der Waals surface area contributed by atoms with Crippen LogP contribution in [-0.2, 0) is 9.53 Å². The molecule has 0 spiro atoms. The average molecular weight is 384 g/mol. The van der Waals surface area contributed by atoms with E-state index in [1.54, 1.807) is 0 Å². The molecule has 0 fully saturated rings. The predicted octanol–water partition coefficient (Wildman–Crippen LogP) is 5.52. The summed E-state index contributed by atoms with van der Waals surface area (Å²) in [6, 6.07) is 0. The quantitative estimate of drug-likeness (QED) is 0.165. The normalized spacial score (nSPS) is 14.0. The van der Waals surface area contributed by atoms with Gasteiger partial charge in [-0.05, 0) is 19.3 Å². The van der Waals surface area contributed by atoms with Crippen molar-refractivity contribution in [1.82, 2.24) is 0 Å². The Morgan fingerprint density at radius 3 is 1.96 bits per heavy atom. The molecule has 0 saturated carbocycles. The first kappa shape index (κ1) is 24.9. The highest BCUT2D eigenvalue weighted by Gasteiger charge is 2.40. The number of carbonyl (C=O) groups excluding carboxylic acids is 1. The minimum absolute atomic E-state index is 0.0353. The van der Waals surface area contributed by atoms with Crippen LogP contribution in [0.15, 0.2) is 12.7 Å². The van der Waals surface area contributed by atoms with E-state index in [0.29, 0.717) is 12.8 Å². The maximum atomic E-state index is 13.1. The van der Waals surface area contributed by atoms with Gasteiger partial charge in [0, 0.05) is 6.08 Å². The minimum atomic E-state index is -4.38. The monoisotopic (exact) mass is 384 g/mol. The number of aliphatic hydroxyl groups excluding tert-OH is 1. The summed E-state index contributed by atoms with van der Waals surface area (Å²) in [7, 11) is 0. The van der Waals surface area contributed by atoms with E-state index in [4.69, 9.17) is 0 Å². The van der Waals surface area contributed by atoms with Crippen LogP contribution in [0.2, 0.25) is 0 Å². The Morgan fingerprint density at radius 1 is 1.00 bits per heavy atom. The molecule has 0 rings (SSSR count). The van der Waals surface area contributed by atoms with Crippen molar-refractivity contribution in [1.29, 1.82) is 0 Å². The van der Waals surface area contributed by atoms with Crippen LogP contribution in [0.4, 0.5) is 17.6 Å². The first-order valence-corrected chi connectivity index (χ1v) is 9.41. The summed E-state index contributed by atoms with van der Waals surface area (Å²) in [4.78, 5) is 10.9. The van der Waals surface area contributed by atoms with Gasteiger partial charge in [0.25, 0.3) is 0 Å². The van der Waals surface area contributed by atoms with E-state index in [0.717, 1.165) is 51.0 Å². The number of unbranched alkanes of at least 4 members (excludes halogenated alkanes) is 8. The third-order valence-corrected chi connectivity index (χ3v) is 4.29. The van der Waals surface area contributed by atoms with Gasteiger partial charge in [0.1, 0.15) is 6.61 Å². The van der Waals surface area contributed by atoms with Crippen LogP contribution < -0.4 is 0 Å². The molecule has 0 amide bonds. The number of halogens is 4. The average Bonchev–Trinajstić information content (AvgIpc) is 2.59. The predicted molar refractivity (Wildman–Crippen MR) is 93.5 cm³/mol. The number of carbonyl (C=O) groups is 1. The van der Waals surface area contributed by atoms with Crippen molar-refractivity contribution < 1.29 is 32.2 Å². The lowest BCUT2D eigenvalue weighted by Gasteiger charge is -2.22. The van der Waals surface area contributed by atoms with Crippen molar-refractivity contribution in [3.8, 4) is 0 Å². The fourth-order valence-electron chi connectivity index (χ4n) is 2.77. The van der Waals surface area contributed by atoms with Gasteiger partial charge in [-0.25, -0.2) is 4.79 Å². The fourth-order valence-corrected chi connectivity index (χ4v) is 2.77. The maximum absolute atomic E-state index is 13.1. The summed E-state index contributed by atoms with van der Waals surface area (Å²) in [6.45, 7) is 2.45. The molecule has 0 aromatic carbocycles. The molecule has 0 radical (unpaired) electrons. The van der Waals surface area contributed by atoms with Crippen molar-refractivity contribution in [2.45, 2.75) is 82.9 Å². The standard InChI is InChI=1S/C19H32F4O3/c1-2-18(25)26-15-17(24)14-16(19(21,22)23)12-10-8-6-4-3-5-7-9-11-13-20/h2,16-17,24H,1,3-15H2. The summed E-state index contributed by atoms with van der Waals surface area (Å²) < 4.78 is 55.7. The van der Waals surface area contributed by atoms with E-state index < -0.39 is 37.2 Å². The van der Waals surface area contributed by atoms with Crippen LogP contribution in [0.25, 0.3) is 0 Å². The number of alkyl halides is 4. The SMILES string of the molecule is C=CC(=O)OCC(O)CC(CCCCCCCCCCCF)C(F)(F)F. The van der Waals surface area contributed by atoms with Gasteiger partial charge in [0.15, 0.2) is 0 Å². The van der Waals surface area contributed by atoms with Gasteiger partial charge in [0.05, 0.1) is 18.7 Å². The summed E-state index contributed by atoms with van der Waals surface area (Å²) in [5, 5.41) is 9.65. The molecule has 3 nitrogen and oxygen atoms in total. The van der Waals surface area contributed by atoms with Gasteiger partial charge >= 0.3 is 12.1 Å². The third kappa shape index (κ3) is 14.1. The summed E-state index contributed by atoms with van der Waals surface area (Å²) >= 11 is 0. The molecular formula is C19H32F4O3. The van der Waals surface area contributed by atoms with Crippen molar-refractivity contribution in [3.05, 3.63) is 12.7 Å². The molecule has 26 heavy (non-hydrogen) atoms. The molecule has 7 heteroatoms. The second kappa shape index (κ2) is 15.0. The highest BCUT2D eigenvalue weighted by molar-refractivity contribution is 5.81. The Labute approximate surface area is 153 Å². The van der Waals surface area contributed by atoms with Crippen molar-refractivity contribution in [2.75, 3.05) is 13.3 Å². The van der Waals surface area contributed by atoms with E-state index in [2.05, 4.69) is 11.3 Å². The highest BCUT2D eigenvalue weighted by atomic mass is 19.4. The van der Waals surface area contributed by atoms with Crippen LogP contribution in [0, 0.1) is 5.92 Å². The molecular weight excluding hydrogens is 352 g/mol. The molecule has 0 heterocycles. The molecule has 0 aromatic heterocycles. The van der Waals surface area contributed by atoms with Gasteiger partial charge < -0.3 is 9.84 Å². The molecule has 0 aliphatic carbocycles. The van der Waals surface area contributed by atoms with Gasteiger partial charge in [-0.1, -0.05) is 57.9 Å². The first-order valence-electron chi connectivity index (χ1n) is 9.41. The van der Waals surface area contributed by atoms with Gasteiger partial charge in [-0.2, -0.15) is 13.2 Å². The summed E-state index contributed by atoms with van der Waals surface area (Å²) in [5.74, 6) is -2.36.